The van der Waals surface area contributed by atoms with Gasteiger partial charge in [0.2, 0.25) is 0 Å². The Kier molecular flexibility index (Phi) is 6.75. The van der Waals surface area contributed by atoms with Gasteiger partial charge < -0.3 is 9.13 Å². The average molecular weight is 627 g/mol. The summed E-state index contributed by atoms with van der Waals surface area (Å²) in [6.07, 6.45) is 7.22. The van der Waals surface area contributed by atoms with Crippen molar-refractivity contribution < 1.29 is 0 Å². The first kappa shape index (κ1) is 28.6. The molecule has 1 aliphatic rings. The highest BCUT2D eigenvalue weighted by Gasteiger charge is 2.19. The van der Waals surface area contributed by atoms with E-state index in [0.717, 1.165) is 68.3 Å². The number of rotatable bonds is 5. The molecule has 0 N–H and O–H groups in total. The lowest BCUT2D eigenvalue weighted by molar-refractivity contribution is 0.889. The van der Waals surface area contributed by atoms with Gasteiger partial charge in [0, 0.05) is 38.8 Å². The molecule has 0 amide bonds. The number of nitriles is 2. The van der Waals surface area contributed by atoms with E-state index < -0.39 is 0 Å². The largest absolute Gasteiger partial charge is 0.313 e. The van der Waals surface area contributed by atoms with Crippen LogP contribution in [0.2, 0.25) is 0 Å². The first-order chi connectivity index (χ1) is 24.2. The Balaban J connectivity index is 1.16. The van der Waals surface area contributed by atoms with Crippen LogP contribution in [0.4, 0.5) is 0 Å². The Labute approximate surface area is 284 Å². The van der Waals surface area contributed by atoms with Gasteiger partial charge in [-0.15, -0.1) is 0 Å². The van der Waals surface area contributed by atoms with E-state index in [9.17, 15) is 10.5 Å². The molecule has 0 bridgehead atoms. The summed E-state index contributed by atoms with van der Waals surface area (Å²) in [6, 6.07) is 51.1. The van der Waals surface area contributed by atoms with E-state index in [2.05, 4.69) is 143 Å². The highest BCUT2D eigenvalue weighted by Crippen LogP contribution is 2.37. The van der Waals surface area contributed by atoms with Crippen molar-refractivity contribution in [3.63, 3.8) is 0 Å². The van der Waals surface area contributed by atoms with Crippen LogP contribution in [-0.2, 0) is 12.8 Å². The molecule has 6 aromatic carbocycles. The van der Waals surface area contributed by atoms with Crippen molar-refractivity contribution >= 4 is 38.8 Å². The summed E-state index contributed by atoms with van der Waals surface area (Å²) in [7, 11) is 0. The van der Waals surface area contributed by atoms with Gasteiger partial charge in [-0.05, 0) is 96.1 Å². The predicted molar refractivity (Wildman–Crippen MR) is 199 cm³/mol. The summed E-state index contributed by atoms with van der Waals surface area (Å²) in [6.45, 7) is 0. The third kappa shape index (κ3) is 4.74. The summed E-state index contributed by atoms with van der Waals surface area (Å²) in [5, 5.41) is 23.4. The lowest BCUT2D eigenvalue weighted by atomic mass is 9.95. The van der Waals surface area contributed by atoms with Crippen LogP contribution in [0.3, 0.4) is 0 Å². The Bertz CT molecular complexity index is 2720. The monoisotopic (exact) mass is 626 g/mol. The molecule has 9 rings (SSSR count). The summed E-state index contributed by atoms with van der Waals surface area (Å²) in [5.74, 6) is 0. The zero-order valence-corrected chi connectivity index (χ0v) is 26.8. The standard InChI is InChI=1S/C45H30N4/c46-28-30-20-21-40-39-15-4-8-19-44(39)49(45(40)26-30)41-16-5-1-10-34(41)23-31-22-32(29-47)25-35(24-31)33-11-9-12-36(27-33)48-42-17-6-2-13-37(42)38-14-3-7-18-43(38)48/h1-6,8-17,19-22,24-27H,7,18,23H2. The molecule has 1 aliphatic carbocycles. The van der Waals surface area contributed by atoms with Crippen molar-refractivity contribution in [2.75, 3.05) is 0 Å². The Hall–Kier alpha value is -6.62. The fourth-order valence-corrected chi connectivity index (χ4v) is 7.71. The molecule has 0 saturated carbocycles. The van der Waals surface area contributed by atoms with Gasteiger partial charge in [0.15, 0.2) is 0 Å². The molecule has 0 atom stereocenters. The van der Waals surface area contributed by atoms with Gasteiger partial charge in [0.1, 0.15) is 0 Å². The molecular weight excluding hydrogens is 597 g/mol. The minimum atomic E-state index is 0.632. The highest BCUT2D eigenvalue weighted by atomic mass is 15.0. The van der Waals surface area contributed by atoms with Gasteiger partial charge in [-0.3, -0.25) is 0 Å². The molecule has 2 heterocycles. The van der Waals surface area contributed by atoms with E-state index in [0.29, 0.717) is 17.5 Å². The first-order valence-corrected chi connectivity index (χ1v) is 16.7. The molecule has 4 heteroatoms. The highest BCUT2D eigenvalue weighted by molar-refractivity contribution is 6.09. The zero-order valence-electron chi connectivity index (χ0n) is 26.8. The van der Waals surface area contributed by atoms with Crippen molar-refractivity contribution in [2.45, 2.75) is 19.3 Å². The van der Waals surface area contributed by atoms with Crippen molar-refractivity contribution in [3.8, 4) is 34.6 Å². The van der Waals surface area contributed by atoms with Crippen molar-refractivity contribution in [2.24, 2.45) is 0 Å². The van der Waals surface area contributed by atoms with Gasteiger partial charge in [-0.1, -0.05) is 91.0 Å². The van der Waals surface area contributed by atoms with Gasteiger partial charge in [-0.2, -0.15) is 10.5 Å². The van der Waals surface area contributed by atoms with Crippen molar-refractivity contribution in [3.05, 3.63) is 173 Å². The van der Waals surface area contributed by atoms with E-state index in [1.807, 2.05) is 24.3 Å². The van der Waals surface area contributed by atoms with Crippen LogP contribution < -0.4 is 0 Å². The molecule has 0 radical (unpaired) electrons. The SMILES string of the molecule is N#Cc1cc(Cc2ccccc2-n2c3ccccc3c3ccc(C#N)cc32)cc(-c2cccc(-n3c4c(c5ccccc53)C=CCC4)c2)c1. The molecule has 8 aromatic rings. The zero-order chi connectivity index (χ0) is 32.9. The summed E-state index contributed by atoms with van der Waals surface area (Å²) in [4.78, 5) is 0. The minimum Gasteiger partial charge on any atom is -0.313 e. The number of para-hydroxylation sites is 3. The van der Waals surface area contributed by atoms with Gasteiger partial charge in [0.05, 0.1) is 39.8 Å². The Morgan fingerprint density at radius 3 is 2.18 bits per heavy atom. The number of allylic oxidation sites excluding steroid dienone is 1. The second kappa shape index (κ2) is 11.6. The van der Waals surface area contributed by atoms with E-state index >= 15 is 0 Å². The van der Waals surface area contributed by atoms with E-state index in [1.54, 1.807) is 0 Å². The van der Waals surface area contributed by atoms with E-state index in [1.165, 1.54) is 22.2 Å². The van der Waals surface area contributed by atoms with E-state index in [-0.39, 0.29) is 0 Å². The molecule has 0 aliphatic heterocycles. The molecular formula is C45H30N4. The van der Waals surface area contributed by atoms with Gasteiger partial charge in [-0.25, -0.2) is 0 Å². The van der Waals surface area contributed by atoms with Crippen LogP contribution in [0, 0.1) is 22.7 Å². The number of hydrogen-bond acceptors (Lipinski definition) is 2. The first-order valence-electron chi connectivity index (χ1n) is 16.7. The fraction of sp³-hybridized carbons (Fsp3) is 0.0667. The fourth-order valence-electron chi connectivity index (χ4n) is 7.71. The normalized spacial score (nSPS) is 12.3. The molecule has 0 unspecified atom stereocenters. The van der Waals surface area contributed by atoms with Gasteiger partial charge >= 0.3 is 0 Å². The topological polar surface area (TPSA) is 57.4 Å². The number of hydrogen-bond donors (Lipinski definition) is 0. The number of benzene rings is 6. The maximum absolute atomic E-state index is 10.2. The minimum absolute atomic E-state index is 0.632. The van der Waals surface area contributed by atoms with Crippen LogP contribution in [-0.4, -0.2) is 9.13 Å². The van der Waals surface area contributed by atoms with Crippen molar-refractivity contribution in [1.29, 1.82) is 10.5 Å². The third-order valence-corrected chi connectivity index (χ3v) is 9.84. The summed E-state index contributed by atoms with van der Waals surface area (Å²) in [5.41, 5.74) is 13.7. The second-order valence-corrected chi connectivity index (χ2v) is 12.7. The molecule has 4 nitrogen and oxygen atoms in total. The van der Waals surface area contributed by atoms with Crippen LogP contribution >= 0.6 is 0 Å². The quantitative estimate of drug-likeness (QED) is 0.191. The lowest BCUT2D eigenvalue weighted by Crippen LogP contribution is -2.03. The molecule has 49 heavy (non-hydrogen) atoms. The summed E-state index contributed by atoms with van der Waals surface area (Å²) >= 11 is 0. The van der Waals surface area contributed by atoms with Crippen molar-refractivity contribution in [1.82, 2.24) is 9.13 Å². The number of fused-ring (bicyclic) bond motifs is 6. The predicted octanol–water partition coefficient (Wildman–Crippen LogP) is 10.7. The van der Waals surface area contributed by atoms with Crippen LogP contribution in [0.25, 0.3) is 61.3 Å². The maximum atomic E-state index is 10.2. The smallest absolute Gasteiger partial charge is 0.0992 e. The summed E-state index contributed by atoms with van der Waals surface area (Å²) < 4.78 is 4.68. The van der Waals surface area contributed by atoms with Crippen LogP contribution in [0.1, 0.15) is 39.9 Å². The number of aromatic nitrogens is 2. The number of nitrogens with zero attached hydrogens (tertiary/aromatic N) is 4. The second-order valence-electron chi connectivity index (χ2n) is 12.7. The molecule has 0 spiro atoms. The molecule has 0 fully saturated rings. The van der Waals surface area contributed by atoms with Gasteiger partial charge in [0.25, 0.3) is 0 Å². The Morgan fingerprint density at radius 2 is 1.33 bits per heavy atom. The molecule has 2 aromatic heterocycles. The van der Waals surface area contributed by atoms with Crippen LogP contribution in [0.15, 0.2) is 140 Å². The molecule has 0 saturated heterocycles. The Morgan fingerprint density at radius 1 is 0.571 bits per heavy atom. The van der Waals surface area contributed by atoms with Crippen LogP contribution in [0.5, 0.6) is 0 Å². The lowest BCUT2D eigenvalue weighted by Gasteiger charge is -2.16. The average Bonchev–Trinajstić information content (AvgIpc) is 3.67. The third-order valence-electron chi connectivity index (χ3n) is 9.84. The molecule has 230 valence electrons. The van der Waals surface area contributed by atoms with E-state index in [4.69, 9.17) is 0 Å². The maximum Gasteiger partial charge on any atom is 0.0992 e.